The second-order valence-electron chi connectivity index (χ2n) is 5.53. The lowest BCUT2D eigenvalue weighted by atomic mass is 9.91. The van der Waals surface area contributed by atoms with Crippen LogP contribution in [0.25, 0.3) is 0 Å². The summed E-state index contributed by atoms with van der Waals surface area (Å²) in [7, 11) is 0. The first-order valence-corrected chi connectivity index (χ1v) is 6.73. The zero-order valence-corrected chi connectivity index (χ0v) is 11.5. The van der Waals surface area contributed by atoms with Crippen molar-refractivity contribution in [1.29, 1.82) is 0 Å². The normalized spacial score (nSPS) is 27.6. The van der Waals surface area contributed by atoms with Gasteiger partial charge in [-0.3, -0.25) is 4.79 Å². The quantitative estimate of drug-likeness (QED) is 0.827. The van der Waals surface area contributed by atoms with Crippen LogP contribution in [-0.4, -0.2) is 29.9 Å². The highest BCUT2D eigenvalue weighted by Crippen LogP contribution is 2.28. The Bertz CT molecular complexity index is 252. The standard InChI is InChI=1S/C13H24N2O.ClH/c1-10(14)12-7-4-8-15(9-12)13(16)11-5-2-3-6-11;/h10-12H,2-9,14H2,1H3;1H. The van der Waals surface area contributed by atoms with Crippen molar-refractivity contribution < 1.29 is 4.79 Å². The Labute approximate surface area is 111 Å². The number of nitrogens with two attached hydrogens (primary N) is 1. The lowest BCUT2D eigenvalue weighted by Gasteiger charge is -2.36. The van der Waals surface area contributed by atoms with E-state index in [-0.39, 0.29) is 18.4 Å². The summed E-state index contributed by atoms with van der Waals surface area (Å²) in [5, 5.41) is 0. The monoisotopic (exact) mass is 260 g/mol. The zero-order chi connectivity index (χ0) is 11.5. The average molecular weight is 261 g/mol. The fourth-order valence-corrected chi connectivity index (χ4v) is 3.07. The predicted molar refractivity (Wildman–Crippen MR) is 72.2 cm³/mol. The minimum absolute atomic E-state index is 0. The molecule has 2 unspecified atom stereocenters. The van der Waals surface area contributed by atoms with Crippen LogP contribution in [0.15, 0.2) is 0 Å². The van der Waals surface area contributed by atoms with Crippen LogP contribution < -0.4 is 5.73 Å². The van der Waals surface area contributed by atoms with E-state index in [0.29, 0.717) is 17.7 Å². The van der Waals surface area contributed by atoms with Crippen LogP contribution in [0.2, 0.25) is 0 Å². The highest BCUT2D eigenvalue weighted by atomic mass is 35.5. The second-order valence-corrected chi connectivity index (χ2v) is 5.53. The first-order valence-electron chi connectivity index (χ1n) is 6.73. The first-order chi connectivity index (χ1) is 7.68. The Hall–Kier alpha value is -0.280. The van der Waals surface area contributed by atoms with Gasteiger partial charge in [0.2, 0.25) is 5.91 Å². The molecule has 0 aromatic carbocycles. The minimum Gasteiger partial charge on any atom is -0.342 e. The van der Waals surface area contributed by atoms with Crippen molar-refractivity contribution in [2.45, 2.75) is 51.5 Å². The van der Waals surface area contributed by atoms with E-state index in [9.17, 15) is 4.79 Å². The molecule has 17 heavy (non-hydrogen) atoms. The summed E-state index contributed by atoms with van der Waals surface area (Å²) in [6.07, 6.45) is 7.01. The molecule has 2 atom stereocenters. The molecule has 1 saturated heterocycles. The van der Waals surface area contributed by atoms with Crippen LogP contribution in [0.5, 0.6) is 0 Å². The molecule has 2 rings (SSSR count). The van der Waals surface area contributed by atoms with Crippen LogP contribution in [0.3, 0.4) is 0 Å². The van der Waals surface area contributed by atoms with Gasteiger partial charge in [-0.2, -0.15) is 0 Å². The lowest BCUT2D eigenvalue weighted by molar-refractivity contribution is -0.137. The van der Waals surface area contributed by atoms with Gasteiger partial charge in [0.1, 0.15) is 0 Å². The van der Waals surface area contributed by atoms with Crippen LogP contribution in [0.1, 0.15) is 45.4 Å². The number of rotatable bonds is 2. The van der Waals surface area contributed by atoms with Gasteiger partial charge in [0.15, 0.2) is 0 Å². The second kappa shape index (κ2) is 6.60. The lowest BCUT2D eigenvalue weighted by Crippen LogP contribution is -2.46. The number of hydrogen-bond donors (Lipinski definition) is 1. The van der Waals surface area contributed by atoms with Crippen molar-refractivity contribution >= 4 is 18.3 Å². The first kappa shape index (κ1) is 14.8. The number of likely N-dealkylation sites (tertiary alicyclic amines) is 1. The summed E-state index contributed by atoms with van der Waals surface area (Å²) in [5.74, 6) is 1.24. The van der Waals surface area contributed by atoms with E-state index < -0.39 is 0 Å². The molecule has 0 aromatic rings. The summed E-state index contributed by atoms with van der Waals surface area (Å²) < 4.78 is 0. The summed E-state index contributed by atoms with van der Waals surface area (Å²) in [5.41, 5.74) is 5.94. The fraction of sp³-hybridized carbons (Fsp3) is 0.923. The van der Waals surface area contributed by atoms with Crippen molar-refractivity contribution in [2.24, 2.45) is 17.6 Å². The maximum Gasteiger partial charge on any atom is 0.225 e. The summed E-state index contributed by atoms with van der Waals surface area (Å²) in [6, 6.07) is 0.221. The SMILES string of the molecule is CC(N)C1CCCN(C(=O)C2CCCC2)C1.Cl. The Morgan fingerprint density at radius 1 is 1.24 bits per heavy atom. The highest BCUT2D eigenvalue weighted by molar-refractivity contribution is 5.85. The number of carbonyl (C=O) groups is 1. The van der Waals surface area contributed by atoms with E-state index in [2.05, 4.69) is 11.8 Å². The summed E-state index contributed by atoms with van der Waals surface area (Å²) >= 11 is 0. The number of halogens is 1. The van der Waals surface area contributed by atoms with Gasteiger partial charge in [0.05, 0.1) is 0 Å². The zero-order valence-electron chi connectivity index (χ0n) is 10.7. The van der Waals surface area contributed by atoms with E-state index in [1.165, 1.54) is 19.3 Å². The highest BCUT2D eigenvalue weighted by Gasteiger charge is 2.31. The molecule has 0 bridgehead atoms. The molecular formula is C13H25ClN2O. The fourth-order valence-electron chi connectivity index (χ4n) is 3.07. The molecule has 0 aromatic heterocycles. The van der Waals surface area contributed by atoms with E-state index in [1.807, 2.05) is 0 Å². The number of carbonyl (C=O) groups excluding carboxylic acids is 1. The molecule has 1 aliphatic heterocycles. The maximum atomic E-state index is 12.3. The third kappa shape index (κ3) is 3.59. The molecule has 1 aliphatic carbocycles. The van der Waals surface area contributed by atoms with Gasteiger partial charge in [0.25, 0.3) is 0 Å². The van der Waals surface area contributed by atoms with Gasteiger partial charge in [-0.25, -0.2) is 0 Å². The van der Waals surface area contributed by atoms with Gasteiger partial charge in [-0.1, -0.05) is 12.8 Å². The minimum atomic E-state index is 0. The van der Waals surface area contributed by atoms with Crippen LogP contribution in [-0.2, 0) is 4.79 Å². The molecular weight excluding hydrogens is 236 g/mol. The number of amides is 1. The molecule has 0 radical (unpaired) electrons. The number of nitrogens with zero attached hydrogens (tertiary/aromatic N) is 1. The third-order valence-electron chi connectivity index (χ3n) is 4.22. The van der Waals surface area contributed by atoms with Gasteiger partial charge in [0, 0.05) is 25.0 Å². The molecule has 4 heteroatoms. The van der Waals surface area contributed by atoms with Crippen molar-refractivity contribution in [2.75, 3.05) is 13.1 Å². The van der Waals surface area contributed by atoms with E-state index >= 15 is 0 Å². The van der Waals surface area contributed by atoms with Crippen molar-refractivity contribution in [3.8, 4) is 0 Å². The van der Waals surface area contributed by atoms with Crippen LogP contribution in [0.4, 0.5) is 0 Å². The summed E-state index contributed by atoms with van der Waals surface area (Å²) in [4.78, 5) is 14.3. The van der Waals surface area contributed by atoms with Gasteiger partial charge in [-0.05, 0) is 38.5 Å². The van der Waals surface area contributed by atoms with Crippen LogP contribution in [0, 0.1) is 11.8 Å². The Kier molecular flexibility index (Phi) is 5.74. The number of hydrogen-bond acceptors (Lipinski definition) is 2. The molecule has 3 nitrogen and oxygen atoms in total. The van der Waals surface area contributed by atoms with Gasteiger partial charge in [-0.15, -0.1) is 12.4 Å². The topological polar surface area (TPSA) is 46.3 Å². The number of piperidine rings is 1. The summed E-state index contributed by atoms with van der Waals surface area (Å²) in [6.45, 7) is 3.92. The van der Waals surface area contributed by atoms with Gasteiger partial charge < -0.3 is 10.6 Å². The molecule has 1 heterocycles. The van der Waals surface area contributed by atoms with E-state index in [4.69, 9.17) is 5.73 Å². The largest absolute Gasteiger partial charge is 0.342 e. The molecule has 2 aliphatic rings. The molecule has 1 amide bonds. The average Bonchev–Trinajstić information content (AvgIpc) is 2.81. The van der Waals surface area contributed by atoms with E-state index in [0.717, 1.165) is 32.4 Å². The van der Waals surface area contributed by atoms with E-state index in [1.54, 1.807) is 0 Å². The van der Waals surface area contributed by atoms with Crippen LogP contribution >= 0.6 is 12.4 Å². The Morgan fingerprint density at radius 3 is 2.47 bits per heavy atom. The molecule has 0 spiro atoms. The molecule has 100 valence electrons. The van der Waals surface area contributed by atoms with Gasteiger partial charge >= 0.3 is 0 Å². The Balaban J connectivity index is 0.00000144. The smallest absolute Gasteiger partial charge is 0.225 e. The van der Waals surface area contributed by atoms with Crippen molar-refractivity contribution in [3.63, 3.8) is 0 Å². The molecule has 2 fully saturated rings. The molecule has 1 saturated carbocycles. The molecule has 2 N–H and O–H groups in total. The van der Waals surface area contributed by atoms with Crippen molar-refractivity contribution in [1.82, 2.24) is 4.90 Å². The van der Waals surface area contributed by atoms with Crippen molar-refractivity contribution in [3.05, 3.63) is 0 Å². The maximum absolute atomic E-state index is 12.3. The Morgan fingerprint density at radius 2 is 1.88 bits per heavy atom. The predicted octanol–water partition coefficient (Wildman–Crippen LogP) is 2.18. The third-order valence-corrected chi connectivity index (χ3v) is 4.22.